The normalized spacial score (nSPS) is 10.6. The van der Waals surface area contributed by atoms with Crippen LogP contribution in [-0.2, 0) is 0 Å². The molecular weight excluding hydrogens is 281 g/mol. The van der Waals surface area contributed by atoms with Crippen molar-refractivity contribution in [2.45, 2.75) is 0 Å². The summed E-state index contributed by atoms with van der Waals surface area (Å²) in [5.74, 6) is -1.80. The molecule has 1 aromatic heterocycles. The minimum absolute atomic E-state index is 0.108. The standard InChI is InChI=1S/C10H5BrFNO3/c11-6-2-4(12)1-5-8(14)3-7(10(15)16)13-9(5)6/h1-3H,(H,13,14)(H,15,16). The summed E-state index contributed by atoms with van der Waals surface area (Å²) in [6, 6.07) is 3.14. The lowest BCUT2D eigenvalue weighted by molar-refractivity contribution is 0.0691. The zero-order chi connectivity index (χ0) is 11.9. The molecule has 0 aliphatic rings. The Bertz CT molecular complexity index is 650. The molecule has 2 N–H and O–H groups in total. The van der Waals surface area contributed by atoms with Crippen molar-refractivity contribution in [3.8, 4) is 0 Å². The minimum Gasteiger partial charge on any atom is -0.477 e. The van der Waals surface area contributed by atoms with Crippen LogP contribution in [-0.4, -0.2) is 16.1 Å². The summed E-state index contributed by atoms with van der Waals surface area (Å²) in [5.41, 5.74) is -0.498. The molecule has 0 saturated carbocycles. The molecule has 4 nitrogen and oxygen atoms in total. The summed E-state index contributed by atoms with van der Waals surface area (Å²) in [5, 5.41) is 8.86. The SMILES string of the molecule is O=C(O)c1cc(=O)c2cc(F)cc(Br)c2[nH]1. The highest BCUT2D eigenvalue weighted by Gasteiger charge is 2.10. The van der Waals surface area contributed by atoms with Gasteiger partial charge in [-0.05, 0) is 28.1 Å². The fourth-order valence-corrected chi connectivity index (χ4v) is 1.92. The number of carbonyl (C=O) groups is 1. The van der Waals surface area contributed by atoms with Crippen molar-refractivity contribution in [2.24, 2.45) is 0 Å². The second-order valence-corrected chi connectivity index (χ2v) is 4.02. The average molecular weight is 286 g/mol. The van der Waals surface area contributed by atoms with Crippen LogP contribution in [0.5, 0.6) is 0 Å². The van der Waals surface area contributed by atoms with Crippen LogP contribution in [0.25, 0.3) is 10.9 Å². The average Bonchev–Trinajstić information content (AvgIpc) is 2.19. The van der Waals surface area contributed by atoms with Crippen molar-refractivity contribution < 1.29 is 14.3 Å². The van der Waals surface area contributed by atoms with E-state index in [1.54, 1.807) is 0 Å². The number of benzene rings is 1. The van der Waals surface area contributed by atoms with Gasteiger partial charge in [-0.1, -0.05) is 0 Å². The Kier molecular flexibility index (Phi) is 2.51. The van der Waals surface area contributed by atoms with Gasteiger partial charge in [0, 0.05) is 15.9 Å². The number of nitrogens with one attached hydrogen (secondary N) is 1. The highest BCUT2D eigenvalue weighted by Crippen LogP contribution is 2.21. The Morgan fingerprint density at radius 1 is 1.38 bits per heavy atom. The van der Waals surface area contributed by atoms with Gasteiger partial charge in [-0.3, -0.25) is 4.79 Å². The number of aromatic carboxylic acids is 1. The van der Waals surface area contributed by atoms with Crippen molar-refractivity contribution in [1.29, 1.82) is 0 Å². The molecule has 6 heteroatoms. The summed E-state index contributed by atoms with van der Waals surface area (Å²) in [6.45, 7) is 0. The number of halogens is 2. The fraction of sp³-hybridized carbons (Fsp3) is 0. The smallest absolute Gasteiger partial charge is 0.352 e. The van der Waals surface area contributed by atoms with Crippen molar-refractivity contribution in [1.82, 2.24) is 4.98 Å². The van der Waals surface area contributed by atoms with E-state index in [0.717, 1.165) is 18.2 Å². The summed E-state index contributed by atoms with van der Waals surface area (Å²) >= 11 is 3.06. The molecule has 0 amide bonds. The Hall–Kier alpha value is -1.69. The van der Waals surface area contributed by atoms with Gasteiger partial charge >= 0.3 is 5.97 Å². The van der Waals surface area contributed by atoms with E-state index in [1.807, 2.05) is 0 Å². The van der Waals surface area contributed by atoms with E-state index in [-0.39, 0.29) is 16.6 Å². The highest BCUT2D eigenvalue weighted by atomic mass is 79.9. The largest absolute Gasteiger partial charge is 0.477 e. The minimum atomic E-state index is -1.24. The molecule has 82 valence electrons. The van der Waals surface area contributed by atoms with Crippen LogP contribution in [0.1, 0.15) is 10.5 Å². The number of pyridine rings is 1. The van der Waals surface area contributed by atoms with Gasteiger partial charge in [0.1, 0.15) is 11.5 Å². The maximum absolute atomic E-state index is 13.0. The molecule has 0 radical (unpaired) electrons. The third-order valence-electron chi connectivity index (χ3n) is 2.09. The van der Waals surface area contributed by atoms with Gasteiger partial charge < -0.3 is 10.1 Å². The molecule has 0 unspecified atom stereocenters. The van der Waals surface area contributed by atoms with E-state index >= 15 is 0 Å². The predicted octanol–water partition coefficient (Wildman–Crippen LogP) is 2.13. The first kappa shape index (κ1) is 10.8. The number of rotatable bonds is 1. The van der Waals surface area contributed by atoms with Crippen LogP contribution >= 0.6 is 15.9 Å². The van der Waals surface area contributed by atoms with E-state index < -0.39 is 17.2 Å². The lowest BCUT2D eigenvalue weighted by Gasteiger charge is -2.02. The molecule has 0 saturated heterocycles. The van der Waals surface area contributed by atoms with E-state index in [4.69, 9.17) is 5.11 Å². The topological polar surface area (TPSA) is 70.2 Å². The van der Waals surface area contributed by atoms with E-state index in [1.165, 1.54) is 0 Å². The number of fused-ring (bicyclic) bond motifs is 1. The molecule has 0 fully saturated rings. The van der Waals surface area contributed by atoms with Gasteiger partial charge in [0.25, 0.3) is 0 Å². The number of H-pyrrole nitrogens is 1. The van der Waals surface area contributed by atoms with Crippen molar-refractivity contribution >= 4 is 32.8 Å². The summed E-state index contributed by atoms with van der Waals surface area (Å²) in [6.07, 6.45) is 0. The molecule has 2 aromatic rings. The lowest BCUT2D eigenvalue weighted by Crippen LogP contribution is -2.10. The number of hydrogen-bond acceptors (Lipinski definition) is 2. The van der Waals surface area contributed by atoms with E-state index in [9.17, 15) is 14.0 Å². The second kappa shape index (κ2) is 3.71. The highest BCUT2D eigenvalue weighted by molar-refractivity contribution is 9.10. The van der Waals surface area contributed by atoms with Gasteiger partial charge in [-0.25, -0.2) is 9.18 Å². The van der Waals surface area contributed by atoms with E-state index in [2.05, 4.69) is 20.9 Å². The van der Waals surface area contributed by atoms with Crippen LogP contribution in [0.2, 0.25) is 0 Å². The number of aromatic nitrogens is 1. The quantitative estimate of drug-likeness (QED) is 0.843. The van der Waals surface area contributed by atoms with E-state index in [0.29, 0.717) is 4.47 Å². The first-order valence-electron chi connectivity index (χ1n) is 4.24. The molecule has 0 spiro atoms. The molecule has 0 aliphatic heterocycles. The van der Waals surface area contributed by atoms with Gasteiger partial charge in [0.05, 0.1) is 5.52 Å². The van der Waals surface area contributed by atoms with Gasteiger partial charge in [-0.15, -0.1) is 0 Å². The number of aromatic amines is 1. The van der Waals surface area contributed by atoms with Crippen molar-refractivity contribution in [2.75, 3.05) is 0 Å². The Morgan fingerprint density at radius 2 is 2.06 bits per heavy atom. The van der Waals surface area contributed by atoms with Crippen LogP contribution in [0.3, 0.4) is 0 Å². The third-order valence-corrected chi connectivity index (χ3v) is 2.71. The van der Waals surface area contributed by atoms with Crippen LogP contribution in [0.15, 0.2) is 27.5 Å². The second-order valence-electron chi connectivity index (χ2n) is 3.16. The third kappa shape index (κ3) is 1.71. The maximum Gasteiger partial charge on any atom is 0.352 e. The molecular formula is C10H5BrFNO3. The molecule has 1 aromatic carbocycles. The zero-order valence-electron chi connectivity index (χ0n) is 7.75. The predicted molar refractivity (Wildman–Crippen MR) is 59.2 cm³/mol. The molecule has 2 rings (SSSR count). The number of carboxylic acids is 1. The van der Waals surface area contributed by atoms with Gasteiger partial charge in [-0.2, -0.15) is 0 Å². The van der Waals surface area contributed by atoms with Crippen LogP contribution in [0.4, 0.5) is 4.39 Å². The summed E-state index contributed by atoms with van der Waals surface area (Å²) in [7, 11) is 0. The summed E-state index contributed by atoms with van der Waals surface area (Å²) in [4.78, 5) is 24.8. The maximum atomic E-state index is 13.0. The Labute approximate surface area is 96.8 Å². The van der Waals surface area contributed by atoms with Crippen LogP contribution in [0, 0.1) is 5.82 Å². The number of carboxylic acid groups (broad SMARTS) is 1. The van der Waals surface area contributed by atoms with Crippen LogP contribution < -0.4 is 5.43 Å². The molecule has 0 aliphatic carbocycles. The van der Waals surface area contributed by atoms with Crippen molar-refractivity contribution in [3.63, 3.8) is 0 Å². The first-order chi connectivity index (χ1) is 7.49. The Morgan fingerprint density at radius 3 is 2.69 bits per heavy atom. The van der Waals surface area contributed by atoms with Gasteiger partial charge in [0.15, 0.2) is 5.43 Å². The Balaban J connectivity index is 2.93. The molecule has 1 heterocycles. The summed E-state index contributed by atoms with van der Waals surface area (Å²) < 4.78 is 13.3. The van der Waals surface area contributed by atoms with Gasteiger partial charge in [0.2, 0.25) is 0 Å². The lowest BCUT2D eigenvalue weighted by atomic mass is 10.2. The number of hydrogen-bond donors (Lipinski definition) is 2. The van der Waals surface area contributed by atoms with Crippen molar-refractivity contribution in [3.05, 3.63) is 44.4 Å². The zero-order valence-corrected chi connectivity index (χ0v) is 9.34. The fourth-order valence-electron chi connectivity index (χ4n) is 1.39. The molecule has 0 atom stereocenters. The first-order valence-corrected chi connectivity index (χ1v) is 5.03. The monoisotopic (exact) mass is 285 g/mol. The molecule has 16 heavy (non-hydrogen) atoms. The molecule has 0 bridgehead atoms.